The third-order valence-corrected chi connectivity index (χ3v) is 3.41. The van der Waals surface area contributed by atoms with Crippen LogP contribution in [-0.2, 0) is 11.3 Å². The molecule has 2 rings (SSSR count). The Morgan fingerprint density at radius 2 is 1.62 bits per heavy atom. The summed E-state index contributed by atoms with van der Waals surface area (Å²) in [4.78, 5) is 13.9. The van der Waals surface area contributed by atoms with Crippen molar-refractivity contribution in [2.75, 3.05) is 7.05 Å². The predicted molar refractivity (Wildman–Crippen MR) is 86.6 cm³/mol. The van der Waals surface area contributed by atoms with Gasteiger partial charge in [0, 0.05) is 13.6 Å². The zero-order valence-corrected chi connectivity index (χ0v) is 12.8. The van der Waals surface area contributed by atoms with Crippen molar-refractivity contribution in [2.24, 2.45) is 5.73 Å². The fraction of sp³-hybridized carbons (Fsp3) is 0.278. The number of amides is 1. The molecule has 0 radical (unpaired) electrons. The number of benzene rings is 2. The van der Waals surface area contributed by atoms with Crippen LogP contribution in [0.2, 0.25) is 0 Å². The minimum Gasteiger partial charge on any atom is -0.340 e. The maximum absolute atomic E-state index is 12.2. The molecule has 21 heavy (non-hydrogen) atoms. The molecule has 0 spiro atoms. The summed E-state index contributed by atoms with van der Waals surface area (Å²) in [6, 6.07) is 18.3. The summed E-state index contributed by atoms with van der Waals surface area (Å²) in [6.45, 7) is 4.01. The average Bonchev–Trinajstić information content (AvgIpc) is 2.47. The lowest BCUT2D eigenvalue weighted by molar-refractivity contribution is -0.134. The first-order valence-electron chi connectivity index (χ1n) is 7.07. The number of nitrogens with two attached hydrogens (primary N) is 1. The van der Waals surface area contributed by atoms with E-state index in [2.05, 4.69) is 24.3 Å². The van der Waals surface area contributed by atoms with Crippen LogP contribution >= 0.6 is 0 Å². The van der Waals surface area contributed by atoms with Crippen LogP contribution in [0.1, 0.15) is 19.4 Å². The van der Waals surface area contributed by atoms with Gasteiger partial charge in [-0.2, -0.15) is 0 Å². The normalized spacial score (nSPS) is 11.2. The fourth-order valence-corrected chi connectivity index (χ4v) is 2.38. The summed E-state index contributed by atoms with van der Waals surface area (Å²) in [5.41, 5.74) is 8.45. The summed E-state index contributed by atoms with van der Waals surface area (Å²) in [6.07, 6.45) is 0. The van der Waals surface area contributed by atoms with Crippen molar-refractivity contribution >= 4 is 5.91 Å². The molecule has 2 aromatic rings. The van der Waals surface area contributed by atoms with E-state index in [1.165, 1.54) is 0 Å². The van der Waals surface area contributed by atoms with E-state index in [4.69, 9.17) is 5.73 Å². The first-order chi connectivity index (χ1) is 9.89. The maximum atomic E-state index is 12.2. The summed E-state index contributed by atoms with van der Waals surface area (Å²) >= 11 is 0. The van der Waals surface area contributed by atoms with Gasteiger partial charge in [0.15, 0.2) is 0 Å². The molecular weight excluding hydrogens is 260 g/mol. The van der Waals surface area contributed by atoms with Crippen LogP contribution < -0.4 is 5.73 Å². The lowest BCUT2D eigenvalue weighted by Gasteiger charge is -2.26. The Hall–Kier alpha value is -2.13. The topological polar surface area (TPSA) is 46.3 Å². The molecule has 0 fully saturated rings. The van der Waals surface area contributed by atoms with Crippen LogP contribution in [0.4, 0.5) is 0 Å². The first kappa shape index (κ1) is 15.3. The van der Waals surface area contributed by atoms with Crippen molar-refractivity contribution in [3.63, 3.8) is 0 Å². The zero-order valence-electron chi connectivity index (χ0n) is 12.8. The minimum atomic E-state index is -0.851. The number of likely N-dealkylation sites (N-methyl/N-ethyl adjacent to an activating group) is 1. The van der Waals surface area contributed by atoms with E-state index in [1.807, 2.05) is 30.3 Å². The number of carbonyl (C=O) groups is 1. The molecule has 0 heterocycles. The van der Waals surface area contributed by atoms with Gasteiger partial charge in [0.1, 0.15) is 0 Å². The zero-order chi connectivity index (χ0) is 15.5. The molecule has 0 aliphatic carbocycles. The summed E-state index contributed by atoms with van der Waals surface area (Å²) in [5.74, 6) is -0.0645. The minimum absolute atomic E-state index is 0.0645. The number of hydrogen-bond acceptors (Lipinski definition) is 2. The van der Waals surface area contributed by atoms with Crippen molar-refractivity contribution in [1.29, 1.82) is 0 Å². The van der Waals surface area contributed by atoms with Crippen molar-refractivity contribution in [3.8, 4) is 11.1 Å². The van der Waals surface area contributed by atoms with Gasteiger partial charge >= 0.3 is 0 Å². The quantitative estimate of drug-likeness (QED) is 0.937. The predicted octanol–water partition coefficient (Wildman–Crippen LogP) is 3.05. The van der Waals surface area contributed by atoms with Crippen LogP contribution in [0.25, 0.3) is 11.1 Å². The molecule has 3 heteroatoms. The molecule has 110 valence electrons. The van der Waals surface area contributed by atoms with Gasteiger partial charge in [-0.15, -0.1) is 0 Å². The molecule has 0 saturated heterocycles. The van der Waals surface area contributed by atoms with Gasteiger partial charge in [-0.05, 0) is 30.5 Å². The van der Waals surface area contributed by atoms with Gasteiger partial charge in [-0.1, -0.05) is 54.6 Å². The van der Waals surface area contributed by atoms with E-state index in [-0.39, 0.29) is 5.91 Å². The summed E-state index contributed by atoms with van der Waals surface area (Å²) in [5, 5.41) is 0. The molecule has 0 unspecified atom stereocenters. The molecule has 0 atom stereocenters. The van der Waals surface area contributed by atoms with Crippen LogP contribution in [0.5, 0.6) is 0 Å². The molecule has 0 aliphatic heterocycles. The molecule has 2 aromatic carbocycles. The van der Waals surface area contributed by atoms with E-state index < -0.39 is 5.54 Å². The molecule has 0 saturated carbocycles. The molecular formula is C18H22N2O. The van der Waals surface area contributed by atoms with Crippen molar-refractivity contribution in [1.82, 2.24) is 4.90 Å². The Labute approximate surface area is 126 Å². The largest absolute Gasteiger partial charge is 0.340 e. The van der Waals surface area contributed by atoms with Crippen molar-refractivity contribution < 1.29 is 4.79 Å². The highest BCUT2D eigenvalue weighted by Crippen LogP contribution is 2.24. The lowest BCUT2D eigenvalue weighted by atomic mass is 9.98. The highest BCUT2D eigenvalue weighted by Gasteiger charge is 2.25. The second-order valence-electron chi connectivity index (χ2n) is 5.91. The maximum Gasteiger partial charge on any atom is 0.242 e. The van der Waals surface area contributed by atoms with E-state index in [0.29, 0.717) is 6.54 Å². The Morgan fingerprint density at radius 1 is 1.05 bits per heavy atom. The number of nitrogens with zero attached hydrogens (tertiary/aromatic N) is 1. The number of hydrogen-bond donors (Lipinski definition) is 1. The lowest BCUT2D eigenvalue weighted by Crippen LogP contribution is -2.49. The van der Waals surface area contributed by atoms with Gasteiger partial charge in [-0.3, -0.25) is 4.79 Å². The van der Waals surface area contributed by atoms with E-state index >= 15 is 0 Å². The van der Waals surface area contributed by atoms with E-state index in [9.17, 15) is 4.79 Å². The third-order valence-electron chi connectivity index (χ3n) is 3.41. The average molecular weight is 282 g/mol. The van der Waals surface area contributed by atoms with Crippen molar-refractivity contribution in [3.05, 3.63) is 60.2 Å². The van der Waals surface area contributed by atoms with Gasteiger partial charge in [0.25, 0.3) is 0 Å². The Balaban J connectivity index is 2.28. The molecule has 2 N–H and O–H groups in total. The van der Waals surface area contributed by atoms with Crippen LogP contribution in [0, 0.1) is 0 Å². The van der Waals surface area contributed by atoms with Crippen LogP contribution in [-0.4, -0.2) is 23.4 Å². The van der Waals surface area contributed by atoms with E-state index in [1.54, 1.807) is 25.8 Å². The Kier molecular flexibility index (Phi) is 4.43. The summed E-state index contributed by atoms with van der Waals surface area (Å²) in [7, 11) is 1.79. The first-order valence-corrected chi connectivity index (χ1v) is 7.07. The third kappa shape index (κ3) is 3.70. The van der Waals surface area contributed by atoms with Gasteiger partial charge in [0.05, 0.1) is 5.54 Å². The Bertz CT molecular complexity index is 615. The van der Waals surface area contributed by atoms with Crippen molar-refractivity contribution in [2.45, 2.75) is 25.9 Å². The van der Waals surface area contributed by atoms with Gasteiger partial charge in [-0.25, -0.2) is 0 Å². The monoisotopic (exact) mass is 282 g/mol. The van der Waals surface area contributed by atoms with Crippen LogP contribution in [0.3, 0.4) is 0 Å². The highest BCUT2D eigenvalue weighted by molar-refractivity contribution is 5.85. The molecule has 0 aromatic heterocycles. The second-order valence-corrected chi connectivity index (χ2v) is 5.91. The SMILES string of the molecule is CN(Cc1ccccc1-c1ccccc1)C(=O)C(C)(C)N. The highest BCUT2D eigenvalue weighted by atomic mass is 16.2. The Morgan fingerprint density at radius 3 is 2.24 bits per heavy atom. The van der Waals surface area contributed by atoms with Gasteiger partial charge in [0.2, 0.25) is 5.91 Å². The smallest absolute Gasteiger partial charge is 0.242 e. The number of rotatable bonds is 4. The fourth-order valence-electron chi connectivity index (χ4n) is 2.38. The molecule has 1 amide bonds. The van der Waals surface area contributed by atoms with Gasteiger partial charge < -0.3 is 10.6 Å². The number of carbonyl (C=O) groups excluding carboxylic acids is 1. The summed E-state index contributed by atoms with van der Waals surface area (Å²) < 4.78 is 0. The second kappa shape index (κ2) is 6.10. The molecule has 3 nitrogen and oxygen atoms in total. The van der Waals surface area contributed by atoms with Crippen LogP contribution in [0.15, 0.2) is 54.6 Å². The standard InChI is InChI=1S/C18H22N2O/c1-18(2,19)17(21)20(3)13-15-11-7-8-12-16(15)14-9-5-4-6-10-14/h4-12H,13,19H2,1-3H3. The van der Waals surface area contributed by atoms with E-state index in [0.717, 1.165) is 16.7 Å². The molecule has 0 bridgehead atoms. The molecule has 0 aliphatic rings.